The Bertz CT molecular complexity index is 877. The van der Waals surface area contributed by atoms with E-state index in [1.165, 1.54) is 0 Å². The third kappa shape index (κ3) is 4.88. The van der Waals surface area contributed by atoms with Crippen molar-refractivity contribution in [3.8, 4) is 11.5 Å². The smallest absolute Gasteiger partial charge is 0.342 e. The first-order chi connectivity index (χ1) is 13.8. The van der Waals surface area contributed by atoms with Crippen LogP contribution in [0.1, 0.15) is 67.6 Å². The highest BCUT2D eigenvalue weighted by Crippen LogP contribution is 2.46. The van der Waals surface area contributed by atoms with Gasteiger partial charge in [-0.05, 0) is 50.4 Å². The van der Waals surface area contributed by atoms with Gasteiger partial charge < -0.3 is 19.0 Å². The fourth-order valence-electron chi connectivity index (χ4n) is 3.21. The molecule has 0 spiro atoms. The summed E-state index contributed by atoms with van der Waals surface area (Å²) in [7, 11) is -0.633. The molecule has 1 aromatic carbocycles. The molecule has 166 valence electrons. The van der Waals surface area contributed by atoms with Crippen LogP contribution in [-0.2, 0) is 22.6 Å². The van der Waals surface area contributed by atoms with Gasteiger partial charge in [0.2, 0.25) is 0 Å². The van der Waals surface area contributed by atoms with Crippen LogP contribution in [0.3, 0.4) is 0 Å². The van der Waals surface area contributed by atoms with E-state index in [0.29, 0.717) is 29.9 Å². The largest absolute Gasteiger partial charge is 0.543 e. The summed E-state index contributed by atoms with van der Waals surface area (Å²) in [5.74, 6) is 0.0718. The maximum absolute atomic E-state index is 12.6. The number of benzene rings is 1. The van der Waals surface area contributed by atoms with E-state index in [4.69, 9.17) is 19.0 Å². The number of carboxylic acid groups (broad SMARTS) is 1. The quantitative estimate of drug-likeness (QED) is 0.335. The predicted octanol–water partition coefficient (Wildman–Crippen LogP) is 5.41. The first-order valence-corrected chi connectivity index (χ1v) is 13.2. The lowest BCUT2D eigenvalue weighted by Gasteiger charge is -2.37. The number of methoxy groups -OCH3 is 1. The number of esters is 1. The zero-order chi connectivity index (χ0) is 22.9. The SMILES string of the molecule is COc1c(C)c2c(c(O[Si](C)(C)C(C)(C)C)c1C/C=C(\C)CCC(=O)O)C(=O)OC2. The van der Waals surface area contributed by atoms with Gasteiger partial charge in [-0.15, -0.1) is 0 Å². The summed E-state index contributed by atoms with van der Waals surface area (Å²) in [6, 6.07) is 0. The van der Waals surface area contributed by atoms with E-state index in [-0.39, 0.29) is 24.0 Å². The Morgan fingerprint density at radius 1 is 1.23 bits per heavy atom. The molecule has 2 rings (SSSR count). The number of allylic oxidation sites excluding steroid dienone is 2. The van der Waals surface area contributed by atoms with E-state index >= 15 is 0 Å². The zero-order valence-electron chi connectivity index (χ0n) is 19.4. The van der Waals surface area contributed by atoms with Crippen LogP contribution in [0.5, 0.6) is 11.5 Å². The molecule has 6 nitrogen and oxygen atoms in total. The van der Waals surface area contributed by atoms with Crippen molar-refractivity contribution >= 4 is 20.3 Å². The van der Waals surface area contributed by atoms with Crippen molar-refractivity contribution in [2.45, 2.75) is 78.6 Å². The molecule has 30 heavy (non-hydrogen) atoms. The summed E-state index contributed by atoms with van der Waals surface area (Å²) in [5, 5.41) is 8.88. The molecule has 1 N–H and O–H groups in total. The standard InChI is InChI=1S/C23H34O6Si/c1-14(10-12-18(24)25)9-11-16-20(27-6)15(2)17-13-28-22(26)19(17)21(16)29-30(7,8)23(3,4)5/h9H,10-13H2,1-8H3,(H,24,25)/b14-9+. The second-order valence-electron chi connectivity index (χ2n) is 9.41. The maximum atomic E-state index is 12.6. The minimum atomic E-state index is -2.25. The fourth-order valence-corrected chi connectivity index (χ4v) is 4.25. The third-order valence-electron chi connectivity index (χ3n) is 6.18. The fraction of sp³-hybridized carbons (Fsp3) is 0.565. The van der Waals surface area contributed by atoms with Crippen LogP contribution in [0.2, 0.25) is 18.1 Å². The maximum Gasteiger partial charge on any atom is 0.342 e. The second kappa shape index (κ2) is 8.84. The number of cyclic esters (lactones) is 1. The van der Waals surface area contributed by atoms with Gasteiger partial charge in [0, 0.05) is 17.5 Å². The number of hydrogen-bond acceptors (Lipinski definition) is 5. The van der Waals surface area contributed by atoms with Gasteiger partial charge in [0.15, 0.2) is 0 Å². The number of carbonyl (C=O) groups excluding carboxylic acids is 1. The van der Waals surface area contributed by atoms with Crippen LogP contribution >= 0.6 is 0 Å². The normalized spacial score (nSPS) is 14.4. The highest BCUT2D eigenvalue weighted by molar-refractivity contribution is 6.74. The Balaban J connectivity index is 2.62. The molecule has 0 aromatic heterocycles. The Hall–Kier alpha value is -2.28. The molecule has 1 aliphatic rings. The molecule has 0 saturated carbocycles. The van der Waals surface area contributed by atoms with E-state index < -0.39 is 14.3 Å². The van der Waals surface area contributed by atoms with E-state index in [2.05, 4.69) is 33.9 Å². The third-order valence-corrected chi connectivity index (χ3v) is 10.5. The van der Waals surface area contributed by atoms with Crippen molar-refractivity contribution in [1.29, 1.82) is 0 Å². The van der Waals surface area contributed by atoms with Gasteiger partial charge in [-0.2, -0.15) is 0 Å². The Kier molecular flexibility index (Phi) is 7.07. The Morgan fingerprint density at radius 2 is 1.87 bits per heavy atom. The number of fused-ring (bicyclic) bond motifs is 1. The average molecular weight is 435 g/mol. The van der Waals surface area contributed by atoms with Gasteiger partial charge in [-0.1, -0.05) is 32.4 Å². The number of rotatable bonds is 8. The highest BCUT2D eigenvalue weighted by atomic mass is 28.4. The molecule has 7 heteroatoms. The van der Waals surface area contributed by atoms with Crippen molar-refractivity contribution in [2.24, 2.45) is 0 Å². The van der Waals surface area contributed by atoms with Gasteiger partial charge in [0.1, 0.15) is 23.7 Å². The molecule has 0 atom stereocenters. The lowest BCUT2D eigenvalue weighted by molar-refractivity contribution is -0.136. The number of aliphatic carboxylic acids is 1. The van der Waals surface area contributed by atoms with E-state index in [1.54, 1.807) is 7.11 Å². The van der Waals surface area contributed by atoms with Crippen molar-refractivity contribution in [1.82, 2.24) is 0 Å². The molecular formula is C23H34O6Si. The van der Waals surface area contributed by atoms with E-state index in [1.807, 2.05) is 19.9 Å². The summed E-state index contributed by atoms with van der Waals surface area (Å²) in [5.41, 5.74) is 3.99. The minimum Gasteiger partial charge on any atom is -0.543 e. The Labute approximate surface area is 180 Å². The van der Waals surface area contributed by atoms with Crippen molar-refractivity contribution in [3.63, 3.8) is 0 Å². The summed E-state index contributed by atoms with van der Waals surface area (Å²) in [4.78, 5) is 23.5. The predicted molar refractivity (Wildman–Crippen MR) is 119 cm³/mol. The number of carbonyl (C=O) groups is 2. The summed E-state index contributed by atoms with van der Waals surface area (Å²) < 4.78 is 17.8. The lowest BCUT2D eigenvalue weighted by Crippen LogP contribution is -2.44. The second-order valence-corrected chi connectivity index (χ2v) is 14.1. The molecule has 0 bridgehead atoms. The molecule has 1 heterocycles. The molecule has 0 radical (unpaired) electrons. The first-order valence-electron chi connectivity index (χ1n) is 10.3. The molecule has 1 aliphatic heterocycles. The van der Waals surface area contributed by atoms with Gasteiger partial charge in [-0.25, -0.2) is 4.79 Å². The number of hydrogen-bond donors (Lipinski definition) is 1. The monoisotopic (exact) mass is 434 g/mol. The van der Waals surface area contributed by atoms with Crippen molar-refractivity contribution < 1.29 is 28.6 Å². The first kappa shape index (κ1) is 24.0. The molecule has 1 aromatic rings. The van der Waals surface area contributed by atoms with Crippen molar-refractivity contribution in [3.05, 3.63) is 33.9 Å². The zero-order valence-corrected chi connectivity index (χ0v) is 20.4. The number of ether oxygens (including phenoxy) is 2. The van der Waals surface area contributed by atoms with Gasteiger partial charge in [0.05, 0.1) is 7.11 Å². The van der Waals surface area contributed by atoms with E-state index in [0.717, 1.165) is 22.3 Å². The topological polar surface area (TPSA) is 82.1 Å². The van der Waals surface area contributed by atoms with Crippen LogP contribution in [-0.4, -0.2) is 32.5 Å². The molecule has 0 saturated heterocycles. The van der Waals surface area contributed by atoms with Crippen molar-refractivity contribution in [2.75, 3.05) is 7.11 Å². The summed E-state index contributed by atoms with van der Waals surface area (Å²) in [6.07, 6.45) is 3.04. The minimum absolute atomic E-state index is 0.0506. The van der Waals surface area contributed by atoms with Crippen LogP contribution in [0.4, 0.5) is 0 Å². The van der Waals surface area contributed by atoms with Gasteiger partial charge in [0.25, 0.3) is 8.32 Å². The average Bonchev–Trinajstić information content (AvgIpc) is 3.01. The molecule has 0 fully saturated rings. The molecular weight excluding hydrogens is 400 g/mol. The van der Waals surface area contributed by atoms with E-state index in [9.17, 15) is 9.59 Å². The van der Waals surface area contributed by atoms with Crippen LogP contribution < -0.4 is 9.16 Å². The molecule has 0 aliphatic carbocycles. The van der Waals surface area contributed by atoms with Crippen LogP contribution in [0.15, 0.2) is 11.6 Å². The summed E-state index contributed by atoms with van der Waals surface area (Å²) in [6.45, 7) is 14.8. The Morgan fingerprint density at radius 3 is 2.40 bits per heavy atom. The molecule has 0 amide bonds. The van der Waals surface area contributed by atoms with Gasteiger partial charge >= 0.3 is 11.9 Å². The van der Waals surface area contributed by atoms with Gasteiger partial charge in [-0.3, -0.25) is 4.79 Å². The van der Waals surface area contributed by atoms with Crippen LogP contribution in [0.25, 0.3) is 0 Å². The molecule has 0 unspecified atom stereocenters. The van der Waals surface area contributed by atoms with Crippen LogP contribution in [0, 0.1) is 6.92 Å². The number of carboxylic acids is 1. The highest BCUT2D eigenvalue weighted by Gasteiger charge is 2.42. The summed E-state index contributed by atoms with van der Waals surface area (Å²) >= 11 is 0. The lowest BCUT2D eigenvalue weighted by atomic mass is 9.94.